The van der Waals surface area contributed by atoms with Gasteiger partial charge in [0.25, 0.3) is 5.91 Å². The Morgan fingerprint density at radius 2 is 1.85 bits per heavy atom. The third-order valence-corrected chi connectivity index (χ3v) is 5.49. The Hall–Kier alpha value is -2.55. The lowest BCUT2D eigenvalue weighted by atomic mass is 10.1. The van der Waals surface area contributed by atoms with Gasteiger partial charge in [0, 0.05) is 37.9 Å². The first-order valence-electron chi connectivity index (χ1n) is 9.61. The Balaban J connectivity index is 1.32. The number of amides is 1. The van der Waals surface area contributed by atoms with Gasteiger partial charge in [0.15, 0.2) is 5.82 Å². The van der Waals surface area contributed by atoms with Crippen molar-refractivity contribution in [1.82, 2.24) is 29.6 Å². The summed E-state index contributed by atoms with van der Waals surface area (Å²) >= 11 is 0. The zero-order valence-corrected chi connectivity index (χ0v) is 15.4. The molecule has 1 saturated heterocycles. The van der Waals surface area contributed by atoms with E-state index in [-0.39, 0.29) is 11.9 Å². The molecule has 4 heterocycles. The number of hydrogen-bond donors (Lipinski definition) is 0. The summed E-state index contributed by atoms with van der Waals surface area (Å²) in [4.78, 5) is 30.4. The van der Waals surface area contributed by atoms with Gasteiger partial charge in [0.05, 0.1) is 31.4 Å². The molecule has 2 aromatic heterocycles. The molecule has 0 spiro atoms. The third kappa shape index (κ3) is 3.05. The molecule has 2 fully saturated rings. The first-order chi connectivity index (χ1) is 13.2. The van der Waals surface area contributed by atoms with Gasteiger partial charge in [-0.2, -0.15) is 5.10 Å². The van der Waals surface area contributed by atoms with Crippen molar-refractivity contribution in [3.63, 3.8) is 0 Å². The van der Waals surface area contributed by atoms with Crippen molar-refractivity contribution in [1.29, 1.82) is 0 Å². The third-order valence-electron chi connectivity index (χ3n) is 5.49. The van der Waals surface area contributed by atoms with Crippen LogP contribution >= 0.6 is 0 Å². The number of ether oxygens (including phenoxy) is 1. The van der Waals surface area contributed by atoms with E-state index >= 15 is 0 Å². The number of anilines is 1. The minimum absolute atomic E-state index is 0.0572. The van der Waals surface area contributed by atoms with Crippen LogP contribution in [-0.4, -0.2) is 68.4 Å². The van der Waals surface area contributed by atoms with Crippen LogP contribution in [-0.2, 0) is 11.3 Å². The van der Waals surface area contributed by atoms with Crippen LogP contribution in [0.25, 0.3) is 0 Å². The van der Waals surface area contributed by atoms with Gasteiger partial charge >= 0.3 is 0 Å². The highest BCUT2D eigenvalue weighted by atomic mass is 16.5. The summed E-state index contributed by atoms with van der Waals surface area (Å²) in [6, 6.07) is -0.106. The summed E-state index contributed by atoms with van der Waals surface area (Å²) in [5.74, 6) is 2.92. The van der Waals surface area contributed by atoms with E-state index in [1.165, 1.54) is 12.8 Å². The molecule has 0 unspecified atom stereocenters. The molecule has 0 radical (unpaired) electrons. The van der Waals surface area contributed by atoms with Gasteiger partial charge < -0.3 is 14.5 Å². The number of hydrogen-bond acceptors (Lipinski definition) is 7. The summed E-state index contributed by atoms with van der Waals surface area (Å²) in [6.45, 7) is 6.21. The average Bonchev–Trinajstić information content (AvgIpc) is 3.48. The molecule has 2 aromatic rings. The molecule has 1 amide bonds. The summed E-state index contributed by atoms with van der Waals surface area (Å²) in [6.07, 6.45) is 5.60. The maximum atomic E-state index is 13.0. The Bertz CT molecular complexity index is 840. The van der Waals surface area contributed by atoms with Crippen LogP contribution in [0.3, 0.4) is 0 Å². The standard InChI is InChI=1S/C18H23N7O2/c1-12-16-21-15(13-2-3-13)22-25(16)5-4-24(12)17(26)14-10-19-18(20-11-14)23-6-8-27-9-7-23/h10-13H,2-9H2,1H3/t12-/m1/s1. The first kappa shape index (κ1) is 16.6. The van der Waals surface area contributed by atoms with Gasteiger partial charge in [0.1, 0.15) is 5.82 Å². The van der Waals surface area contributed by atoms with E-state index < -0.39 is 0 Å². The average molecular weight is 369 g/mol. The minimum Gasteiger partial charge on any atom is -0.378 e. The molecule has 9 nitrogen and oxygen atoms in total. The fraction of sp³-hybridized carbons (Fsp3) is 0.611. The highest BCUT2D eigenvalue weighted by Crippen LogP contribution is 2.39. The largest absolute Gasteiger partial charge is 0.378 e. The van der Waals surface area contributed by atoms with Crippen molar-refractivity contribution in [3.8, 4) is 0 Å². The van der Waals surface area contributed by atoms with E-state index in [0.717, 1.165) is 24.7 Å². The molecule has 0 aromatic carbocycles. The van der Waals surface area contributed by atoms with Crippen molar-refractivity contribution >= 4 is 11.9 Å². The van der Waals surface area contributed by atoms with Gasteiger partial charge in [-0.15, -0.1) is 0 Å². The van der Waals surface area contributed by atoms with Gasteiger partial charge in [-0.05, 0) is 19.8 Å². The lowest BCUT2D eigenvalue weighted by molar-refractivity contribution is 0.0630. The predicted molar refractivity (Wildman–Crippen MR) is 96.5 cm³/mol. The number of rotatable bonds is 3. The molecule has 27 heavy (non-hydrogen) atoms. The first-order valence-corrected chi connectivity index (χ1v) is 9.61. The highest BCUT2D eigenvalue weighted by Gasteiger charge is 2.35. The molecular weight excluding hydrogens is 346 g/mol. The van der Waals surface area contributed by atoms with E-state index in [2.05, 4.69) is 20.0 Å². The molecular formula is C18H23N7O2. The molecule has 0 bridgehead atoms. The number of morpholine rings is 1. The number of nitrogens with zero attached hydrogens (tertiary/aromatic N) is 7. The molecule has 1 saturated carbocycles. The van der Waals surface area contributed by atoms with E-state index in [9.17, 15) is 4.79 Å². The van der Waals surface area contributed by atoms with Crippen molar-refractivity contribution < 1.29 is 9.53 Å². The normalized spacial score (nSPS) is 22.6. The molecule has 0 N–H and O–H groups in total. The van der Waals surface area contributed by atoms with E-state index in [0.29, 0.717) is 43.7 Å². The van der Waals surface area contributed by atoms with Crippen LogP contribution in [0.4, 0.5) is 5.95 Å². The van der Waals surface area contributed by atoms with Crippen LogP contribution in [0.15, 0.2) is 12.4 Å². The SMILES string of the molecule is C[C@@H]1c2nc(C3CC3)nn2CCN1C(=O)c1cnc(N2CCOCC2)nc1. The zero-order valence-electron chi connectivity index (χ0n) is 15.4. The number of aromatic nitrogens is 5. The molecule has 1 atom stereocenters. The summed E-state index contributed by atoms with van der Waals surface area (Å²) in [5.41, 5.74) is 0.509. The van der Waals surface area contributed by atoms with Gasteiger partial charge in [-0.25, -0.2) is 19.6 Å². The molecule has 3 aliphatic rings. The predicted octanol–water partition coefficient (Wildman–Crippen LogP) is 0.999. The maximum absolute atomic E-state index is 13.0. The Morgan fingerprint density at radius 3 is 2.56 bits per heavy atom. The van der Waals surface area contributed by atoms with Gasteiger partial charge in [0.2, 0.25) is 5.95 Å². The van der Waals surface area contributed by atoms with E-state index in [1.54, 1.807) is 12.4 Å². The highest BCUT2D eigenvalue weighted by molar-refractivity contribution is 5.94. The summed E-state index contributed by atoms with van der Waals surface area (Å²) in [7, 11) is 0. The van der Waals surface area contributed by atoms with Crippen LogP contribution in [0, 0.1) is 0 Å². The van der Waals surface area contributed by atoms with Crippen molar-refractivity contribution in [2.75, 3.05) is 37.7 Å². The topological polar surface area (TPSA) is 89.3 Å². The number of carbonyl (C=O) groups is 1. The Morgan fingerprint density at radius 1 is 1.11 bits per heavy atom. The second-order valence-electron chi connectivity index (χ2n) is 7.37. The second-order valence-corrected chi connectivity index (χ2v) is 7.37. The quantitative estimate of drug-likeness (QED) is 0.797. The number of carbonyl (C=O) groups excluding carboxylic acids is 1. The molecule has 9 heteroatoms. The second kappa shape index (κ2) is 6.56. The Labute approximate surface area is 157 Å². The minimum atomic E-state index is -0.106. The maximum Gasteiger partial charge on any atom is 0.257 e. The van der Waals surface area contributed by atoms with Gasteiger partial charge in [-0.3, -0.25) is 4.79 Å². The van der Waals surface area contributed by atoms with Crippen LogP contribution in [0.5, 0.6) is 0 Å². The lowest BCUT2D eigenvalue weighted by Gasteiger charge is -2.33. The van der Waals surface area contributed by atoms with Gasteiger partial charge in [-0.1, -0.05) is 0 Å². The lowest BCUT2D eigenvalue weighted by Crippen LogP contribution is -2.41. The van der Waals surface area contributed by atoms with Crippen LogP contribution in [0.1, 0.15) is 53.7 Å². The molecule has 1 aliphatic carbocycles. The fourth-order valence-corrected chi connectivity index (χ4v) is 3.70. The molecule has 142 valence electrons. The summed E-state index contributed by atoms with van der Waals surface area (Å²) < 4.78 is 7.31. The smallest absolute Gasteiger partial charge is 0.257 e. The van der Waals surface area contributed by atoms with Crippen molar-refractivity contribution in [3.05, 3.63) is 29.6 Å². The number of fused-ring (bicyclic) bond motifs is 1. The van der Waals surface area contributed by atoms with Crippen LogP contribution < -0.4 is 4.90 Å². The van der Waals surface area contributed by atoms with Crippen LogP contribution in [0.2, 0.25) is 0 Å². The fourth-order valence-electron chi connectivity index (χ4n) is 3.70. The summed E-state index contributed by atoms with van der Waals surface area (Å²) in [5, 5.41) is 4.62. The van der Waals surface area contributed by atoms with Crippen molar-refractivity contribution in [2.24, 2.45) is 0 Å². The Kier molecular flexibility index (Phi) is 4.04. The van der Waals surface area contributed by atoms with E-state index in [4.69, 9.17) is 9.72 Å². The monoisotopic (exact) mass is 369 g/mol. The van der Waals surface area contributed by atoms with Crippen molar-refractivity contribution in [2.45, 2.75) is 38.3 Å². The van der Waals surface area contributed by atoms with E-state index in [1.807, 2.05) is 16.5 Å². The molecule has 5 rings (SSSR count). The zero-order chi connectivity index (χ0) is 18.4. The molecule has 2 aliphatic heterocycles.